The summed E-state index contributed by atoms with van der Waals surface area (Å²) in [4.78, 5) is 22.5. The van der Waals surface area contributed by atoms with Crippen molar-refractivity contribution in [3.8, 4) is 0 Å². The minimum atomic E-state index is -0.879. The summed E-state index contributed by atoms with van der Waals surface area (Å²) in [6, 6.07) is 1.33. The Morgan fingerprint density at radius 3 is 2.85 bits per heavy atom. The lowest BCUT2D eigenvalue weighted by Gasteiger charge is -2.16. The first-order valence-electron chi connectivity index (χ1n) is 6.79. The molecule has 1 aromatic rings. The fraction of sp³-hybridized carbons (Fsp3) is 0.615. The molecule has 1 aliphatic rings. The summed E-state index contributed by atoms with van der Waals surface area (Å²) >= 11 is 0. The highest BCUT2D eigenvalue weighted by atomic mass is 16.4. The number of carboxylic acids is 1. The Morgan fingerprint density at radius 1 is 1.55 bits per heavy atom. The Hall–Kier alpha value is -2.05. The predicted octanol–water partition coefficient (Wildman–Crippen LogP) is 0.515. The maximum absolute atomic E-state index is 11.7. The van der Waals surface area contributed by atoms with Crippen LogP contribution in [-0.4, -0.2) is 39.5 Å². The van der Waals surface area contributed by atoms with Gasteiger partial charge < -0.3 is 15.7 Å². The molecule has 0 aromatic carbocycles. The number of amides is 2. The molecule has 110 valence electrons. The fourth-order valence-corrected chi connectivity index (χ4v) is 2.14. The molecule has 20 heavy (non-hydrogen) atoms. The maximum Gasteiger partial charge on any atom is 0.315 e. The first-order chi connectivity index (χ1) is 9.54. The molecule has 0 radical (unpaired) electrons. The van der Waals surface area contributed by atoms with Crippen molar-refractivity contribution in [2.75, 3.05) is 6.54 Å². The molecular formula is C13H20N4O3. The van der Waals surface area contributed by atoms with Crippen LogP contribution in [-0.2, 0) is 18.3 Å². The average molecular weight is 280 g/mol. The monoisotopic (exact) mass is 280 g/mol. The van der Waals surface area contributed by atoms with Crippen LogP contribution in [0, 0.1) is 5.92 Å². The molecule has 0 bridgehead atoms. The van der Waals surface area contributed by atoms with Gasteiger partial charge in [0.25, 0.3) is 0 Å². The van der Waals surface area contributed by atoms with Crippen LogP contribution in [0.2, 0.25) is 0 Å². The van der Waals surface area contributed by atoms with Gasteiger partial charge >= 0.3 is 12.0 Å². The van der Waals surface area contributed by atoms with Crippen molar-refractivity contribution in [3.05, 3.63) is 18.0 Å². The van der Waals surface area contributed by atoms with Gasteiger partial charge in [-0.25, -0.2) is 4.79 Å². The Labute approximate surface area is 117 Å². The smallest absolute Gasteiger partial charge is 0.315 e. The zero-order valence-electron chi connectivity index (χ0n) is 11.5. The number of aliphatic carboxylic acids is 1. The number of nitrogens with zero attached hydrogens (tertiary/aromatic N) is 2. The van der Waals surface area contributed by atoms with E-state index in [2.05, 4.69) is 15.7 Å². The van der Waals surface area contributed by atoms with Crippen molar-refractivity contribution in [1.29, 1.82) is 0 Å². The van der Waals surface area contributed by atoms with Crippen molar-refractivity contribution in [1.82, 2.24) is 20.4 Å². The number of carboxylic acid groups (broad SMARTS) is 1. The molecule has 1 heterocycles. The van der Waals surface area contributed by atoms with Gasteiger partial charge in [-0.3, -0.25) is 9.48 Å². The predicted molar refractivity (Wildman–Crippen MR) is 72.2 cm³/mol. The van der Waals surface area contributed by atoms with Gasteiger partial charge in [-0.1, -0.05) is 0 Å². The van der Waals surface area contributed by atoms with E-state index < -0.39 is 5.97 Å². The molecular weight excluding hydrogens is 260 g/mol. The first kappa shape index (κ1) is 14.4. The zero-order valence-corrected chi connectivity index (χ0v) is 11.5. The second-order valence-corrected chi connectivity index (χ2v) is 5.17. The van der Waals surface area contributed by atoms with Crippen LogP contribution >= 0.6 is 0 Å². The van der Waals surface area contributed by atoms with Crippen molar-refractivity contribution in [2.24, 2.45) is 13.0 Å². The lowest BCUT2D eigenvalue weighted by atomic mass is 10.1. The molecule has 1 fully saturated rings. The Bertz CT molecular complexity index is 482. The van der Waals surface area contributed by atoms with Crippen molar-refractivity contribution >= 4 is 12.0 Å². The zero-order chi connectivity index (χ0) is 14.5. The molecule has 1 aromatic heterocycles. The lowest BCUT2D eigenvalue weighted by Crippen LogP contribution is -2.44. The number of hydrogen-bond donors (Lipinski definition) is 3. The Balaban J connectivity index is 1.69. The lowest BCUT2D eigenvalue weighted by molar-refractivity contribution is -0.137. The number of carbonyl (C=O) groups is 2. The third kappa shape index (κ3) is 4.56. The molecule has 1 atom stereocenters. The van der Waals surface area contributed by atoms with Gasteiger partial charge in [0.1, 0.15) is 0 Å². The standard InChI is InChI=1S/C13H20N4O3/c1-17-7-5-10(16-17)4-6-14-13(20)15-11(8-12(18)19)9-2-3-9/h5,7,9,11H,2-4,6,8H2,1H3,(H,18,19)(H2,14,15,20). The van der Waals surface area contributed by atoms with E-state index in [0.717, 1.165) is 18.5 Å². The Kier molecular flexibility index (Phi) is 4.60. The normalized spacial score (nSPS) is 15.7. The van der Waals surface area contributed by atoms with E-state index in [1.54, 1.807) is 4.68 Å². The summed E-state index contributed by atoms with van der Waals surface area (Å²) in [5.41, 5.74) is 0.914. The summed E-state index contributed by atoms with van der Waals surface area (Å²) in [5.74, 6) is -0.566. The van der Waals surface area contributed by atoms with Crippen LogP contribution in [0.1, 0.15) is 25.0 Å². The maximum atomic E-state index is 11.7. The molecule has 7 nitrogen and oxygen atoms in total. The second-order valence-electron chi connectivity index (χ2n) is 5.17. The van der Waals surface area contributed by atoms with Gasteiger partial charge in [0.05, 0.1) is 12.1 Å². The summed E-state index contributed by atoms with van der Waals surface area (Å²) in [7, 11) is 1.84. The van der Waals surface area contributed by atoms with E-state index in [9.17, 15) is 9.59 Å². The van der Waals surface area contributed by atoms with Gasteiger partial charge in [0, 0.05) is 32.3 Å². The topological polar surface area (TPSA) is 96.2 Å². The van der Waals surface area contributed by atoms with Crippen molar-refractivity contribution in [2.45, 2.75) is 31.7 Å². The van der Waals surface area contributed by atoms with Crippen molar-refractivity contribution in [3.63, 3.8) is 0 Å². The number of urea groups is 1. The van der Waals surface area contributed by atoms with E-state index in [0.29, 0.717) is 18.9 Å². The molecule has 2 amide bonds. The second kappa shape index (κ2) is 6.40. The summed E-state index contributed by atoms with van der Waals surface area (Å²) in [6.45, 7) is 0.479. The average Bonchev–Trinajstić information content (AvgIpc) is 3.12. The molecule has 1 aliphatic carbocycles. The minimum Gasteiger partial charge on any atom is -0.481 e. The summed E-state index contributed by atoms with van der Waals surface area (Å²) in [5, 5.41) is 18.5. The third-order valence-corrected chi connectivity index (χ3v) is 3.34. The number of rotatable bonds is 7. The number of aryl methyl sites for hydroxylation is 1. The van der Waals surface area contributed by atoms with Gasteiger partial charge in [-0.15, -0.1) is 0 Å². The van der Waals surface area contributed by atoms with Crippen LogP contribution < -0.4 is 10.6 Å². The quantitative estimate of drug-likeness (QED) is 0.678. The van der Waals surface area contributed by atoms with E-state index in [4.69, 9.17) is 5.11 Å². The number of aromatic nitrogens is 2. The van der Waals surface area contributed by atoms with Crippen LogP contribution in [0.3, 0.4) is 0 Å². The van der Waals surface area contributed by atoms with Gasteiger partial charge in [0.2, 0.25) is 0 Å². The van der Waals surface area contributed by atoms with Crippen LogP contribution in [0.4, 0.5) is 4.79 Å². The van der Waals surface area contributed by atoms with E-state index in [-0.39, 0.29) is 18.5 Å². The third-order valence-electron chi connectivity index (χ3n) is 3.34. The molecule has 1 saturated carbocycles. The molecule has 0 spiro atoms. The largest absolute Gasteiger partial charge is 0.481 e. The van der Waals surface area contributed by atoms with Crippen LogP contribution in [0.5, 0.6) is 0 Å². The van der Waals surface area contributed by atoms with Crippen LogP contribution in [0.25, 0.3) is 0 Å². The SMILES string of the molecule is Cn1ccc(CCNC(=O)NC(CC(=O)O)C2CC2)n1. The highest BCUT2D eigenvalue weighted by Crippen LogP contribution is 2.33. The summed E-state index contributed by atoms with van der Waals surface area (Å²) < 4.78 is 1.71. The number of carbonyl (C=O) groups excluding carboxylic acids is 1. The van der Waals surface area contributed by atoms with Gasteiger partial charge in [-0.05, 0) is 24.8 Å². The highest BCUT2D eigenvalue weighted by Gasteiger charge is 2.33. The van der Waals surface area contributed by atoms with E-state index in [1.807, 2.05) is 19.3 Å². The Morgan fingerprint density at radius 2 is 2.30 bits per heavy atom. The molecule has 7 heteroatoms. The number of nitrogens with one attached hydrogen (secondary N) is 2. The highest BCUT2D eigenvalue weighted by molar-refractivity contribution is 5.75. The summed E-state index contributed by atoms with van der Waals surface area (Å²) in [6.07, 6.45) is 4.48. The van der Waals surface area contributed by atoms with Gasteiger partial charge in [0.15, 0.2) is 0 Å². The first-order valence-corrected chi connectivity index (χ1v) is 6.79. The molecule has 2 rings (SSSR count). The molecule has 3 N–H and O–H groups in total. The van der Waals surface area contributed by atoms with Gasteiger partial charge in [-0.2, -0.15) is 5.10 Å². The van der Waals surface area contributed by atoms with Crippen molar-refractivity contribution < 1.29 is 14.7 Å². The van der Waals surface area contributed by atoms with Crippen LogP contribution in [0.15, 0.2) is 12.3 Å². The van der Waals surface area contributed by atoms with E-state index >= 15 is 0 Å². The molecule has 1 unspecified atom stereocenters. The molecule has 0 saturated heterocycles. The molecule has 0 aliphatic heterocycles. The minimum absolute atomic E-state index is 0.0155. The number of hydrogen-bond acceptors (Lipinski definition) is 3. The van der Waals surface area contributed by atoms with E-state index in [1.165, 1.54) is 0 Å². The fourth-order valence-electron chi connectivity index (χ4n) is 2.14.